The molecule has 18 heavy (non-hydrogen) atoms. The highest BCUT2D eigenvalue weighted by Crippen LogP contribution is 2.13. The minimum Gasteiger partial charge on any atom is -0.473 e. The van der Waals surface area contributed by atoms with Crippen LogP contribution in [-0.2, 0) is 6.61 Å². The molecule has 2 rings (SSSR count). The number of aliphatic hydroxyl groups is 1. The van der Waals surface area contributed by atoms with Crippen LogP contribution in [0.15, 0.2) is 42.5 Å². The summed E-state index contributed by atoms with van der Waals surface area (Å²) in [6.07, 6.45) is 0. The Kier molecular flexibility index (Phi) is 5.88. The van der Waals surface area contributed by atoms with Crippen LogP contribution in [0.25, 0.3) is 0 Å². The first kappa shape index (κ1) is 14.2. The van der Waals surface area contributed by atoms with Crippen molar-refractivity contribution in [1.29, 1.82) is 0 Å². The number of hydrogen-bond acceptors (Lipinski definition) is 3. The third kappa shape index (κ3) is 4.55. The van der Waals surface area contributed by atoms with Crippen molar-refractivity contribution >= 4 is 0 Å². The molecular formula is C15H19NO2. The van der Waals surface area contributed by atoms with Crippen molar-refractivity contribution in [2.45, 2.75) is 20.5 Å². The molecule has 0 aliphatic carbocycles. The second-order valence-electron chi connectivity index (χ2n) is 3.90. The van der Waals surface area contributed by atoms with Crippen LogP contribution in [0.1, 0.15) is 16.8 Å². The first-order valence-electron chi connectivity index (χ1n) is 5.81. The van der Waals surface area contributed by atoms with E-state index >= 15 is 0 Å². The Morgan fingerprint density at radius 3 is 2.33 bits per heavy atom. The standard InChI is InChI=1S/C14H15NO.CH4O/c1-11-8-12(2)15-14(9-11)16-10-13-6-4-3-5-7-13;1-2/h3-9H,10H2,1-2H3;2H,1H3. The topological polar surface area (TPSA) is 42.4 Å². The highest BCUT2D eigenvalue weighted by Gasteiger charge is 1.99. The lowest BCUT2D eigenvalue weighted by atomic mass is 10.2. The average molecular weight is 245 g/mol. The van der Waals surface area contributed by atoms with Crippen molar-refractivity contribution in [3.05, 3.63) is 59.3 Å². The molecule has 2 aromatic rings. The zero-order chi connectivity index (χ0) is 13.4. The first-order chi connectivity index (χ1) is 8.74. The molecular weight excluding hydrogens is 226 g/mol. The molecule has 96 valence electrons. The fourth-order valence-corrected chi connectivity index (χ4v) is 1.61. The van der Waals surface area contributed by atoms with E-state index in [1.54, 1.807) is 0 Å². The summed E-state index contributed by atoms with van der Waals surface area (Å²) in [7, 11) is 1.00. The van der Waals surface area contributed by atoms with E-state index in [4.69, 9.17) is 9.84 Å². The molecule has 1 aromatic heterocycles. The number of aryl methyl sites for hydroxylation is 2. The molecule has 0 unspecified atom stereocenters. The number of ether oxygens (including phenoxy) is 1. The fourth-order valence-electron chi connectivity index (χ4n) is 1.61. The first-order valence-corrected chi connectivity index (χ1v) is 5.81. The van der Waals surface area contributed by atoms with Gasteiger partial charge in [-0.15, -0.1) is 0 Å². The Balaban J connectivity index is 0.000000771. The highest BCUT2D eigenvalue weighted by molar-refractivity contribution is 5.23. The van der Waals surface area contributed by atoms with E-state index in [0.29, 0.717) is 12.5 Å². The SMILES string of the molecule is CO.Cc1cc(C)nc(OCc2ccccc2)c1. The van der Waals surface area contributed by atoms with Gasteiger partial charge in [0.25, 0.3) is 0 Å². The molecule has 0 saturated heterocycles. The average Bonchev–Trinajstić information content (AvgIpc) is 2.39. The van der Waals surface area contributed by atoms with Gasteiger partial charge in [0.15, 0.2) is 0 Å². The Hall–Kier alpha value is -1.87. The maximum absolute atomic E-state index is 7.00. The summed E-state index contributed by atoms with van der Waals surface area (Å²) < 4.78 is 5.64. The van der Waals surface area contributed by atoms with Gasteiger partial charge in [0.1, 0.15) is 6.61 Å². The van der Waals surface area contributed by atoms with Crippen LogP contribution in [0.4, 0.5) is 0 Å². The summed E-state index contributed by atoms with van der Waals surface area (Å²) in [6.45, 7) is 4.59. The van der Waals surface area contributed by atoms with Gasteiger partial charge < -0.3 is 9.84 Å². The van der Waals surface area contributed by atoms with Crippen LogP contribution in [0.2, 0.25) is 0 Å². The number of rotatable bonds is 3. The minimum atomic E-state index is 0.566. The molecule has 0 aliphatic rings. The zero-order valence-electron chi connectivity index (χ0n) is 11.1. The summed E-state index contributed by atoms with van der Waals surface area (Å²) in [6, 6.07) is 14.1. The second kappa shape index (κ2) is 7.45. The normalized spacial score (nSPS) is 9.33. The van der Waals surface area contributed by atoms with Gasteiger partial charge in [-0.1, -0.05) is 30.3 Å². The number of hydrogen-bond donors (Lipinski definition) is 1. The van der Waals surface area contributed by atoms with Gasteiger partial charge in [-0.25, -0.2) is 4.98 Å². The molecule has 1 N–H and O–H groups in total. The fraction of sp³-hybridized carbons (Fsp3) is 0.267. The predicted octanol–water partition coefficient (Wildman–Crippen LogP) is 2.89. The van der Waals surface area contributed by atoms with Crippen LogP contribution in [-0.4, -0.2) is 17.2 Å². The molecule has 1 aromatic carbocycles. The third-order valence-corrected chi connectivity index (χ3v) is 2.30. The lowest BCUT2D eigenvalue weighted by molar-refractivity contribution is 0.293. The number of aromatic nitrogens is 1. The molecule has 3 heteroatoms. The van der Waals surface area contributed by atoms with Crippen LogP contribution < -0.4 is 4.74 Å². The molecule has 0 bridgehead atoms. The lowest BCUT2D eigenvalue weighted by Gasteiger charge is -2.06. The summed E-state index contributed by atoms with van der Waals surface area (Å²) in [5.41, 5.74) is 3.32. The van der Waals surface area contributed by atoms with E-state index in [2.05, 4.69) is 4.98 Å². The number of nitrogens with zero attached hydrogens (tertiary/aromatic N) is 1. The molecule has 0 amide bonds. The van der Waals surface area contributed by atoms with Crippen molar-refractivity contribution in [1.82, 2.24) is 4.98 Å². The van der Waals surface area contributed by atoms with Gasteiger partial charge >= 0.3 is 0 Å². The summed E-state index contributed by atoms with van der Waals surface area (Å²) >= 11 is 0. The van der Waals surface area contributed by atoms with Crippen molar-refractivity contribution < 1.29 is 9.84 Å². The number of pyridine rings is 1. The van der Waals surface area contributed by atoms with Crippen molar-refractivity contribution in [2.75, 3.05) is 7.11 Å². The molecule has 3 nitrogen and oxygen atoms in total. The van der Waals surface area contributed by atoms with Crippen LogP contribution in [0.3, 0.4) is 0 Å². The van der Waals surface area contributed by atoms with Crippen molar-refractivity contribution in [3.8, 4) is 5.88 Å². The lowest BCUT2D eigenvalue weighted by Crippen LogP contribution is -1.98. The minimum absolute atomic E-state index is 0.566. The summed E-state index contributed by atoms with van der Waals surface area (Å²) in [5, 5.41) is 7.00. The van der Waals surface area contributed by atoms with E-state index in [1.807, 2.05) is 56.3 Å². The molecule has 0 atom stereocenters. The Bertz CT molecular complexity index is 449. The van der Waals surface area contributed by atoms with Gasteiger partial charge in [-0.3, -0.25) is 0 Å². The van der Waals surface area contributed by atoms with Crippen LogP contribution in [0.5, 0.6) is 5.88 Å². The maximum atomic E-state index is 7.00. The Labute approximate surface area is 108 Å². The van der Waals surface area contributed by atoms with E-state index in [9.17, 15) is 0 Å². The monoisotopic (exact) mass is 245 g/mol. The Morgan fingerprint density at radius 2 is 1.72 bits per heavy atom. The molecule has 0 fully saturated rings. The molecule has 0 saturated carbocycles. The molecule has 1 heterocycles. The van der Waals surface area contributed by atoms with E-state index in [0.717, 1.165) is 18.4 Å². The van der Waals surface area contributed by atoms with Gasteiger partial charge in [0.05, 0.1) is 0 Å². The second-order valence-corrected chi connectivity index (χ2v) is 3.90. The largest absolute Gasteiger partial charge is 0.473 e. The molecule has 0 aliphatic heterocycles. The zero-order valence-corrected chi connectivity index (χ0v) is 11.1. The van der Waals surface area contributed by atoms with Crippen LogP contribution in [0, 0.1) is 13.8 Å². The van der Waals surface area contributed by atoms with E-state index in [1.165, 1.54) is 5.56 Å². The van der Waals surface area contributed by atoms with Gasteiger partial charge in [-0.2, -0.15) is 0 Å². The van der Waals surface area contributed by atoms with Gasteiger partial charge in [-0.05, 0) is 31.0 Å². The van der Waals surface area contributed by atoms with Crippen molar-refractivity contribution in [3.63, 3.8) is 0 Å². The molecule has 0 radical (unpaired) electrons. The predicted molar refractivity (Wildman–Crippen MR) is 72.6 cm³/mol. The van der Waals surface area contributed by atoms with Crippen molar-refractivity contribution in [2.24, 2.45) is 0 Å². The number of aliphatic hydroxyl groups excluding tert-OH is 1. The van der Waals surface area contributed by atoms with Gasteiger partial charge in [0.2, 0.25) is 5.88 Å². The smallest absolute Gasteiger partial charge is 0.214 e. The summed E-state index contributed by atoms with van der Waals surface area (Å²) in [5.74, 6) is 0.696. The van der Waals surface area contributed by atoms with E-state index in [-0.39, 0.29) is 0 Å². The maximum Gasteiger partial charge on any atom is 0.214 e. The summed E-state index contributed by atoms with van der Waals surface area (Å²) in [4.78, 5) is 4.33. The Morgan fingerprint density at radius 1 is 1.06 bits per heavy atom. The quantitative estimate of drug-likeness (QED) is 0.904. The number of benzene rings is 1. The molecule has 0 spiro atoms. The van der Waals surface area contributed by atoms with E-state index < -0.39 is 0 Å². The van der Waals surface area contributed by atoms with Crippen LogP contribution >= 0.6 is 0 Å². The third-order valence-electron chi connectivity index (χ3n) is 2.30. The highest BCUT2D eigenvalue weighted by atomic mass is 16.5. The van der Waals surface area contributed by atoms with Gasteiger partial charge in [0, 0.05) is 18.9 Å².